The third-order valence-electron chi connectivity index (χ3n) is 2.46. The van der Waals surface area contributed by atoms with Crippen LogP contribution in [-0.4, -0.2) is 29.1 Å². The van der Waals surface area contributed by atoms with Gasteiger partial charge in [-0.05, 0) is 24.1 Å². The van der Waals surface area contributed by atoms with Crippen LogP contribution in [0.4, 0.5) is 4.79 Å². The molecule has 0 fully saturated rings. The highest BCUT2D eigenvalue weighted by Gasteiger charge is 2.12. The number of aromatic nitrogens is 1. The number of carbonyl (C=O) groups is 1. The van der Waals surface area contributed by atoms with Gasteiger partial charge in [0.05, 0.1) is 5.69 Å². The van der Waals surface area contributed by atoms with E-state index in [0.717, 1.165) is 11.3 Å². The lowest BCUT2D eigenvalue weighted by atomic mass is 10.0. The Kier molecular flexibility index (Phi) is 2.67. The minimum Gasteiger partial charge on any atom is -0.530 e. The van der Waals surface area contributed by atoms with E-state index in [4.69, 9.17) is 0 Å². The molecule has 2 heterocycles. The SMILES string of the molecule is O=C([O-])N1CC=C(c2ccccn2)CC1. The van der Waals surface area contributed by atoms with E-state index in [1.165, 1.54) is 4.90 Å². The number of carboxylic acid groups (broad SMARTS) is 1. The second kappa shape index (κ2) is 4.13. The number of carbonyl (C=O) groups excluding carboxylic acids is 1. The van der Waals surface area contributed by atoms with Gasteiger partial charge in [0, 0.05) is 19.3 Å². The van der Waals surface area contributed by atoms with Crippen LogP contribution in [0, 0.1) is 0 Å². The summed E-state index contributed by atoms with van der Waals surface area (Å²) in [4.78, 5) is 16.1. The van der Waals surface area contributed by atoms with Gasteiger partial charge in [0.15, 0.2) is 0 Å². The first-order valence-electron chi connectivity index (χ1n) is 4.84. The van der Waals surface area contributed by atoms with E-state index in [1.807, 2.05) is 24.3 Å². The average molecular weight is 203 g/mol. The van der Waals surface area contributed by atoms with Crippen LogP contribution in [0.25, 0.3) is 5.57 Å². The van der Waals surface area contributed by atoms with E-state index >= 15 is 0 Å². The van der Waals surface area contributed by atoms with Crippen LogP contribution in [0.5, 0.6) is 0 Å². The van der Waals surface area contributed by atoms with Gasteiger partial charge in [0.2, 0.25) is 0 Å². The molecule has 0 spiro atoms. The summed E-state index contributed by atoms with van der Waals surface area (Å²) in [7, 11) is 0. The quantitative estimate of drug-likeness (QED) is 0.668. The number of pyridine rings is 1. The Morgan fingerprint density at radius 2 is 2.33 bits per heavy atom. The summed E-state index contributed by atoms with van der Waals surface area (Å²) in [6.45, 7) is 0.888. The van der Waals surface area contributed by atoms with Crippen LogP contribution in [0.1, 0.15) is 12.1 Å². The van der Waals surface area contributed by atoms with E-state index in [-0.39, 0.29) is 0 Å². The van der Waals surface area contributed by atoms with Gasteiger partial charge in [-0.3, -0.25) is 4.98 Å². The lowest BCUT2D eigenvalue weighted by Gasteiger charge is -2.28. The van der Waals surface area contributed by atoms with Crippen LogP contribution in [0.3, 0.4) is 0 Å². The second-order valence-electron chi connectivity index (χ2n) is 3.41. The zero-order valence-electron chi connectivity index (χ0n) is 8.22. The first kappa shape index (κ1) is 9.71. The van der Waals surface area contributed by atoms with Gasteiger partial charge in [0.25, 0.3) is 0 Å². The van der Waals surface area contributed by atoms with Crippen molar-refractivity contribution in [2.45, 2.75) is 6.42 Å². The van der Waals surface area contributed by atoms with E-state index in [9.17, 15) is 9.90 Å². The average Bonchev–Trinajstić information content (AvgIpc) is 2.30. The maximum absolute atomic E-state index is 10.6. The highest BCUT2D eigenvalue weighted by atomic mass is 16.4. The smallest absolute Gasteiger partial charge is 0.137 e. The highest BCUT2D eigenvalue weighted by molar-refractivity contribution is 5.68. The molecule has 0 saturated heterocycles. The van der Waals surface area contributed by atoms with Crippen LogP contribution >= 0.6 is 0 Å². The zero-order chi connectivity index (χ0) is 10.7. The van der Waals surface area contributed by atoms with Gasteiger partial charge in [-0.15, -0.1) is 0 Å². The summed E-state index contributed by atoms with van der Waals surface area (Å²) < 4.78 is 0. The third-order valence-corrected chi connectivity index (χ3v) is 2.46. The molecule has 1 amide bonds. The molecular formula is C11H11N2O2-. The minimum atomic E-state index is -1.11. The summed E-state index contributed by atoms with van der Waals surface area (Å²) in [6.07, 6.45) is 3.22. The van der Waals surface area contributed by atoms with Crippen molar-refractivity contribution in [1.29, 1.82) is 0 Å². The van der Waals surface area contributed by atoms with Gasteiger partial charge < -0.3 is 14.8 Å². The maximum atomic E-state index is 10.6. The van der Waals surface area contributed by atoms with Crippen molar-refractivity contribution < 1.29 is 9.90 Å². The van der Waals surface area contributed by atoms with Crippen molar-refractivity contribution in [2.75, 3.05) is 13.1 Å². The Labute approximate surface area is 87.9 Å². The fourth-order valence-corrected chi connectivity index (χ4v) is 1.62. The summed E-state index contributed by atoms with van der Waals surface area (Å²) >= 11 is 0. The summed E-state index contributed by atoms with van der Waals surface area (Å²) in [5.74, 6) is 0. The zero-order valence-corrected chi connectivity index (χ0v) is 8.22. The molecule has 0 atom stereocenters. The molecule has 1 aliphatic heterocycles. The molecule has 1 aliphatic rings. The van der Waals surface area contributed by atoms with Crippen molar-refractivity contribution >= 4 is 11.7 Å². The number of hydrogen-bond acceptors (Lipinski definition) is 3. The van der Waals surface area contributed by atoms with Crippen molar-refractivity contribution in [3.8, 4) is 0 Å². The molecule has 0 radical (unpaired) electrons. The molecule has 1 aromatic rings. The molecule has 0 aliphatic carbocycles. The Bertz CT molecular complexity index is 387. The van der Waals surface area contributed by atoms with Crippen LogP contribution in [0.2, 0.25) is 0 Å². The molecule has 15 heavy (non-hydrogen) atoms. The first-order chi connectivity index (χ1) is 7.27. The number of hydrogen-bond donors (Lipinski definition) is 0. The van der Waals surface area contributed by atoms with Gasteiger partial charge in [-0.25, -0.2) is 0 Å². The second-order valence-corrected chi connectivity index (χ2v) is 3.41. The fourth-order valence-electron chi connectivity index (χ4n) is 1.62. The predicted molar refractivity (Wildman–Crippen MR) is 53.8 cm³/mol. The largest absolute Gasteiger partial charge is 0.530 e. The molecule has 0 N–H and O–H groups in total. The molecule has 0 bridgehead atoms. The normalized spacial score (nSPS) is 16.0. The van der Waals surface area contributed by atoms with Crippen molar-refractivity contribution in [2.24, 2.45) is 0 Å². The van der Waals surface area contributed by atoms with Gasteiger partial charge in [-0.1, -0.05) is 12.1 Å². The highest BCUT2D eigenvalue weighted by Crippen LogP contribution is 2.19. The Morgan fingerprint density at radius 1 is 1.47 bits per heavy atom. The molecule has 1 aromatic heterocycles. The van der Waals surface area contributed by atoms with Crippen molar-refractivity contribution in [1.82, 2.24) is 9.88 Å². The number of nitrogens with zero attached hydrogens (tertiary/aromatic N) is 2. The topological polar surface area (TPSA) is 56.3 Å². The molecule has 0 unspecified atom stereocenters. The lowest BCUT2D eigenvalue weighted by Crippen LogP contribution is -2.43. The van der Waals surface area contributed by atoms with E-state index in [2.05, 4.69) is 4.98 Å². The predicted octanol–water partition coefficient (Wildman–Crippen LogP) is 0.514. The summed E-state index contributed by atoms with van der Waals surface area (Å²) in [5.41, 5.74) is 2.03. The molecule has 0 saturated carbocycles. The molecule has 4 heteroatoms. The summed E-state index contributed by atoms with van der Waals surface area (Å²) in [5, 5.41) is 10.6. The number of rotatable bonds is 1. The first-order valence-corrected chi connectivity index (χ1v) is 4.84. The summed E-state index contributed by atoms with van der Waals surface area (Å²) in [6, 6.07) is 5.72. The van der Waals surface area contributed by atoms with E-state index < -0.39 is 6.09 Å². The maximum Gasteiger partial charge on any atom is 0.137 e. The van der Waals surface area contributed by atoms with Gasteiger partial charge >= 0.3 is 0 Å². The minimum absolute atomic E-state index is 0.397. The standard InChI is InChI=1S/C11H12N2O2/c14-11(15)13-7-4-9(5-8-13)10-3-1-2-6-12-10/h1-4,6H,5,7-8H2,(H,14,15)/p-1. The Hall–Kier alpha value is -1.84. The van der Waals surface area contributed by atoms with Crippen LogP contribution in [0.15, 0.2) is 30.5 Å². The molecular weight excluding hydrogens is 192 g/mol. The Morgan fingerprint density at radius 3 is 2.87 bits per heavy atom. The van der Waals surface area contributed by atoms with E-state index in [1.54, 1.807) is 6.20 Å². The van der Waals surface area contributed by atoms with Crippen LogP contribution in [-0.2, 0) is 0 Å². The van der Waals surface area contributed by atoms with E-state index in [0.29, 0.717) is 19.5 Å². The molecule has 78 valence electrons. The monoisotopic (exact) mass is 203 g/mol. The number of amides is 1. The van der Waals surface area contributed by atoms with Gasteiger partial charge in [-0.2, -0.15) is 0 Å². The molecule has 4 nitrogen and oxygen atoms in total. The third kappa shape index (κ3) is 2.15. The Balaban J connectivity index is 2.12. The molecule has 0 aromatic carbocycles. The molecule has 2 rings (SSSR count). The van der Waals surface area contributed by atoms with Crippen molar-refractivity contribution in [3.63, 3.8) is 0 Å². The van der Waals surface area contributed by atoms with Crippen molar-refractivity contribution in [3.05, 3.63) is 36.2 Å². The lowest BCUT2D eigenvalue weighted by molar-refractivity contribution is -0.265. The van der Waals surface area contributed by atoms with Gasteiger partial charge in [0.1, 0.15) is 6.09 Å². The van der Waals surface area contributed by atoms with Crippen LogP contribution < -0.4 is 5.11 Å². The fraction of sp³-hybridized carbons (Fsp3) is 0.273.